The number of nitrogens with one attached hydrogen (secondary N) is 1. The van der Waals surface area contributed by atoms with E-state index in [1.807, 2.05) is 60.7 Å². The van der Waals surface area contributed by atoms with E-state index < -0.39 is 10.0 Å². The van der Waals surface area contributed by atoms with E-state index in [0.29, 0.717) is 30.8 Å². The molecule has 1 heterocycles. The van der Waals surface area contributed by atoms with Gasteiger partial charge >= 0.3 is 0 Å². The van der Waals surface area contributed by atoms with Crippen LogP contribution in [0.4, 0.5) is 11.4 Å². The molecule has 1 aliphatic heterocycles. The first kappa shape index (κ1) is 20.0. The minimum Gasteiger partial charge on any atom is -0.281 e. The predicted molar refractivity (Wildman–Crippen MR) is 119 cm³/mol. The number of sulfonamides is 1. The lowest BCUT2D eigenvalue weighted by Crippen LogP contribution is -2.42. The SMILES string of the molecule is O=C(NN(Cc1ccccc1)c1ccccc1)c1cccc(N2CCCS2(=O)=O)c1. The van der Waals surface area contributed by atoms with Gasteiger partial charge in [0.05, 0.1) is 23.7 Å². The highest BCUT2D eigenvalue weighted by molar-refractivity contribution is 7.93. The molecule has 4 rings (SSSR count). The zero-order valence-corrected chi connectivity index (χ0v) is 17.3. The summed E-state index contributed by atoms with van der Waals surface area (Å²) in [6, 6.07) is 26.2. The van der Waals surface area contributed by atoms with Gasteiger partial charge in [0, 0.05) is 12.1 Å². The number of hydrogen-bond acceptors (Lipinski definition) is 4. The standard InChI is InChI=1S/C23H23N3O3S/c27-23(20-11-7-14-22(17-20)26-15-8-16-30(26,28)29)24-25(21-12-5-2-6-13-21)18-19-9-3-1-4-10-19/h1-7,9-14,17H,8,15-16,18H2,(H,24,27). The van der Waals surface area contributed by atoms with E-state index in [-0.39, 0.29) is 11.7 Å². The van der Waals surface area contributed by atoms with Gasteiger partial charge in [-0.15, -0.1) is 0 Å². The first-order valence-electron chi connectivity index (χ1n) is 9.81. The molecule has 0 saturated carbocycles. The van der Waals surface area contributed by atoms with Crippen LogP contribution in [-0.2, 0) is 16.6 Å². The Bertz CT molecular complexity index is 1120. The number of carbonyl (C=O) groups excluding carboxylic acids is 1. The molecular formula is C23H23N3O3S. The molecule has 1 fully saturated rings. The van der Waals surface area contributed by atoms with Crippen LogP contribution in [0.5, 0.6) is 0 Å². The number of hydrogen-bond donors (Lipinski definition) is 1. The minimum absolute atomic E-state index is 0.141. The molecule has 6 nitrogen and oxygen atoms in total. The molecule has 3 aromatic rings. The Hall–Kier alpha value is -3.32. The van der Waals surface area contributed by atoms with E-state index in [1.54, 1.807) is 29.3 Å². The Kier molecular flexibility index (Phi) is 5.72. The van der Waals surface area contributed by atoms with E-state index in [1.165, 1.54) is 4.31 Å². The summed E-state index contributed by atoms with van der Waals surface area (Å²) in [5.41, 5.74) is 5.80. The van der Waals surface area contributed by atoms with Gasteiger partial charge in [-0.1, -0.05) is 54.6 Å². The molecule has 1 N–H and O–H groups in total. The Morgan fingerprint density at radius 3 is 2.30 bits per heavy atom. The third-order valence-corrected chi connectivity index (χ3v) is 6.85. The maximum atomic E-state index is 13.0. The average Bonchev–Trinajstić information content (AvgIpc) is 3.13. The maximum Gasteiger partial charge on any atom is 0.269 e. The van der Waals surface area contributed by atoms with Gasteiger partial charge in [0.1, 0.15) is 0 Å². The van der Waals surface area contributed by atoms with Crippen molar-refractivity contribution in [3.63, 3.8) is 0 Å². The summed E-state index contributed by atoms with van der Waals surface area (Å²) in [5.74, 6) is -0.157. The fraction of sp³-hybridized carbons (Fsp3) is 0.174. The molecular weight excluding hydrogens is 398 g/mol. The topological polar surface area (TPSA) is 69.7 Å². The van der Waals surface area contributed by atoms with Crippen molar-refractivity contribution in [2.24, 2.45) is 0 Å². The number of nitrogens with zero attached hydrogens (tertiary/aromatic N) is 2. The van der Waals surface area contributed by atoms with Gasteiger partial charge in [-0.25, -0.2) is 8.42 Å². The molecule has 0 bridgehead atoms. The number of anilines is 2. The second kappa shape index (κ2) is 8.59. The van der Waals surface area contributed by atoms with Crippen LogP contribution in [0, 0.1) is 0 Å². The molecule has 0 radical (unpaired) electrons. The molecule has 1 aliphatic rings. The van der Waals surface area contributed by atoms with Crippen LogP contribution in [0.15, 0.2) is 84.9 Å². The van der Waals surface area contributed by atoms with Crippen molar-refractivity contribution in [3.05, 3.63) is 96.1 Å². The van der Waals surface area contributed by atoms with Gasteiger partial charge in [0.25, 0.3) is 5.91 Å². The molecule has 0 aromatic heterocycles. The van der Waals surface area contributed by atoms with Crippen molar-refractivity contribution in [2.75, 3.05) is 21.6 Å². The van der Waals surface area contributed by atoms with Crippen molar-refractivity contribution in [3.8, 4) is 0 Å². The maximum absolute atomic E-state index is 13.0. The number of rotatable bonds is 6. The highest BCUT2D eigenvalue weighted by atomic mass is 32.2. The highest BCUT2D eigenvalue weighted by Crippen LogP contribution is 2.25. The largest absolute Gasteiger partial charge is 0.281 e. The van der Waals surface area contributed by atoms with Crippen LogP contribution in [0.1, 0.15) is 22.3 Å². The van der Waals surface area contributed by atoms with E-state index in [9.17, 15) is 13.2 Å². The number of para-hydroxylation sites is 1. The van der Waals surface area contributed by atoms with Crippen molar-refractivity contribution >= 4 is 27.3 Å². The molecule has 0 atom stereocenters. The van der Waals surface area contributed by atoms with Crippen LogP contribution in [0.3, 0.4) is 0 Å². The normalized spacial score (nSPS) is 15.0. The Morgan fingerprint density at radius 2 is 1.63 bits per heavy atom. The second-order valence-corrected chi connectivity index (χ2v) is 9.15. The summed E-state index contributed by atoms with van der Waals surface area (Å²) in [5, 5.41) is 1.79. The highest BCUT2D eigenvalue weighted by Gasteiger charge is 2.28. The lowest BCUT2D eigenvalue weighted by Gasteiger charge is -2.26. The van der Waals surface area contributed by atoms with E-state index in [0.717, 1.165) is 11.3 Å². The molecule has 7 heteroatoms. The Balaban J connectivity index is 1.57. The van der Waals surface area contributed by atoms with Crippen molar-refractivity contribution < 1.29 is 13.2 Å². The van der Waals surface area contributed by atoms with Crippen LogP contribution >= 0.6 is 0 Å². The second-order valence-electron chi connectivity index (χ2n) is 7.14. The number of amides is 1. The number of benzene rings is 3. The molecule has 1 amide bonds. The van der Waals surface area contributed by atoms with E-state index in [2.05, 4.69) is 5.43 Å². The lowest BCUT2D eigenvalue weighted by molar-refractivity contribution is 0.0948. The van der Waals surface area contributed by atoms with Gasteiger partial charge in [-0.05, 0) is 42.3 Å². The monoisotopic (exact) mass is 421 g/mol. The molecule has 3 aromatic carbocycles. The quantitative estimate of drug-likeness (QED) is 0.618. The van der Waals surface area contributed by atoms with Crippen LogP contribution in [-0.4, -0.2) is 26.6 Å². The average molecular weight is 422 g/mol. The van der Waals surface area contributed by atoms with Gasteiger partial charge in [0.2, 0.25) is 10.0 Å². The van der Waals surface area contributed by atoms with Crippen LogP contribution in [0.2, 0.25) is 0 Å². The van der Waals surface area contributed by atoms with Gasteiger partial charge in [-0.2, -0.15) is 0 Å². The van der Waals surface area contributed by atoms with Crippen molar-refractivity contribution in [2.45, 2.75) is 13.0 Å². The van der Waals surface area contributed by atoms with Crippen molar-refractivity contribution in [1.29, 1.82) is 0 Å². The zero-order chi connectivity index (χ0) is 21.0. The first-order chi connectivity index (χ1) is 14.5. The Labute approximate surface area is 176 Å². The van der Waals surface area contributed by atoms with Crippen LogP contribution < -0.4 is 14.7 Å². The molecule has 1 saturated heterocycles. The summed E-state index contributed by atoms with van der Waals surface area (Å²) in [6.07, 6.45) is 0.595. The van der Waals surface area contributed by atoms with Gasteiger partial charge < -0.3 is 0 Å². The molecule has 0 spiro atoms. The first-order valence-corrected chi connectivity index (χ1v) is 11.4. The fourth-order valence-electron chi connectivity index (χ4n) is 3.49. The van der Waals surface area contributed by atoms with E-state index >= 15 is 0 Å². The summed E-state index contributed by atoms with van der Waals surface area (Å²) in [6.45, 7) is 0.939. The smallest absolute Gasteiger partial charge is 0.269 e. The summed E-state index contributed by atoms with van der Waals surface area (Å²) < 4.78 is 25.8. The fourth-order valence-corrected chi connectivity index (χ4v) is 5.04. The van der Waals surface area contributed by atoms with Gasteiger partial charge in [-0.3, -0.25) is 19.5 Å². The Morgan fingerprint density at radius 1 is 0.933 bits per heavy atom. The number of carbonyl (C=O) groups is 1. The third kappa shape index (κ3) is 4.46. The predicted octanol–water partition coefficient (Wildman–Crippen LogP) is 3.58. The number of hydrazine groups is 1. The third-order valence-electron chi connectivity index (χ3n) is 4.98. The lowest BCUT2D eigenvalue weighted by atomic mass is 10.2. The molecule has 30 heavy (non-hydrogen) atoms. The minimum atomic E-state index is -3.30. The van der Waals surface area contributed by atoms with Crippen molar-refractivity contribution in [1.82, 2.24) is 5.43 Å². The molecule has 0 unspecified atom stereocenters. The summed E-state index contributed by atoms with van der Waals surface area (Å²) >= 11 is 0. The summed E-state index contributed by atoms with van der Waals surface area (Å²) in [4.78, 5) is 13.0. The van der Waals surface area contributed by atoms with Gasteiger partial charge in [0.15, 0.2) is 0 Å². The van der Waals surface area contributed by atoms with Crippen LogP contribution in [0.25, 0.3) is 0 Å². The summed E-state index contributed by atoms with van der Waals surface area (Å²) in [7, 11) is -3.30. The molecule has 0 aliphatic carbocycles. The zero-order valence-electron chi connectivity index (χ0n) is 16.4. The van der Waals surface area contributed by atoms with E-state index in [4.69, 9.17) is 0 Å². The molecule has 154 valence electrons.